The molecule has 0 radical (unpaired) electrons. The molecule has 0 spiro atoms. The van der Waals surface area contributed by atoms with Crippen LogP contribution in [-0.2, 0) is 19.5 Å². The lowest BCUT2D eigenvalue weighted by atomic mass is 10.1. The summed E-state index contributed by atoms with van der Waals surface area (Å²) in [5, 5.41) is 7.76. The zero-order chi connectivity index (χ0) is 19.8. The lowest BCUT2D eigenvalue weighted by Crippen LogP contribution is -2.36. The monoisotopic (exact) mass is 530 g/mol. The van der Waals surface area contributed by atoms with Crippen molar-refractivity contribution in [3.05, 3.63) is 39.8 Å². The van der Waals surface area contributed by atoms with E-state index in [-0.39, 0.29) is 30.1 Å². The number of para-hydroxylation sites is 1. The van der Waals surface area contributed by atoms with Crippen LogP contribution < -0.4 is 20.1 Å². The number of nitrogens with zero attached hydrogens (tertiary/aromatic N) is 2. The van der Waals surface area contributed by atoms with Crippen molar-refractivity contribution in [2.45, 2.75) is 58.2 Å². The number of nitrogens with one attached hydrogen (secondary N) is 2. The van der Waals surface area contributed by atoms with Gasteiger partial charge in [0.2, 0.25) is 0 Å². The molecule has 1 saturated carbocycles. The molecule has 1 heterocycles. The first-order valence-corrected chi connectivity index (χ1v) is 10.8. The smallest absolute Gasteiger partial charge is 0.191 e. The summed E-state index contributed by atoms with van der Waals surface area (Å²) < 4.78 is 11.8. The number of benzene rings is 1. The van der Waals surface area contributed by atoms with Gasteiger partial charge in [-0.2, -0.15) is 0 Å². The Morgan fingerprint density at radius 2 is 2.00 bits per heavy atom. The highest BCUT2D eigenvalue weighted by molar-refractivity contribution is 14.0. The molecule has 0 aliphatic heterocycles. The van der Waals surface area contributed by atoms with Crippen molar-refractivity contribution in [3.8, 4) is 11.5 Å². The average molecular weight is 530 g/mol. The molecule has 1 aromatic heterocycles. The van der Waals surface area contributed by atoms with Crippen LogP contribution in [0.25, 0.3) is 0 Å². The Balaban J connectivity index is 0.00000300. The van der Waals surface area contributed by atoms with Crippen LogP contribution in [0.3, 0.4) is 0 Å². The van der Waals surface area contributed by atoms with Gasteiger partial charge in [0.15, 0.2) is 17.5 Å². The summed E-state index contributed by atoms with van der Waals surface area (Å²) in [7, 11) is 3.46. The molecular formula is C21H31IN4O2S. The van der Waals surface area contributed by atoms with Crippen LogP contribution >= 0.6 is 35.3 Å². The van der Waals surface area contributed by atoms with Crippen molar-refractivity contribution in [3.63, 3.8) is 0 Å². The number of halogens is 1. The number of hydrogen-bond acceptors (Lipinski definition) is 5. The summed E-state index contributed by atoms with van der Waals surface area (Å²) in [5.41, 5.74) is 1.07. The Morgan fingerprint density at radius 1 is 1.24 bits per heavy atom. The second kappa shape index (κ2) is 12.2. The van der Waals surface area contributed by atoms with E-state index in [2.05, 4.69) is 33.6 Å². The first kappa shape index (κ1) is 23.7. The summed E-state index contributed by atoms with van der Waals surface area (Å²) in [4.78, 5) is 10.1. The number of methoxy groups -OCH3 is 1. The van der Waals surface area contributed by atoms with Gasteiger partial charge in [-0.25, -0.2) is 4.98 Å². The van der Waals surface area contributed by atoms with Crippen molar-refractivity contribution in [1.82, 2.24) is 15.6 Å². The summed E-state index contributed by atoms with van der Waals surface area (Å²) >= 11 is 1.73. The number of aryl methyl sites for hydroxylation is 1. The van der Waals surface area contributed by atoms with Crippen LogP contribution in [0.4, 0.5) is 0 Å². The first-order chi connectivity index (χ1) is 13.7. The molecule has 29 heavy (non-hydrogen) atoms. The molecular weight excluding hydrogens is 499 g/mol. The molecule has 6 nitrogen and oxygen atoms in total. The van der Waals surface area contributed by atoms with Gasteiger partial charge < -0.3 is 20.1 Å². The first-order valence-electron chi connectivity index (χ1n) is 9.94. The fraction of sp³-hybridized carbons (Fsp3) is 0.524. The number of aliphatic imine (C=N–C) groups is 1. The predicted octanol–water partition coefficient (Wildman–Crippen LogP) is 4.52. The van der Waals surface area contributed by atoms with Gasteiger partial charge in [0.05, 0.1) is 19.8 Å². The fourth-order valence-corrected chi connectivity index (χ4v) is 4.12. The van der Waals surface area contributed by atoms with Crippen molar-refractivity contribution >= 4 is 41.3 Å². The Kier molecular flexibility index (Phi) is 9.99. The van der Waals surface area contributed by atoms with Gasteiger partial charge in [-0.1, -0.05) is 19.1 Å². The summed E-state index contributed by atoms with van der Waals surface area (Å²) in [6.45, 7) is 3.41. The van der Waals surface area contributed by atoms with Gasteiger partial charge in [-0.3, -0.25) is 4.99 Å². The lowest BCUT2D eigenvalue weighted by molar-refractivity contribution is 0.198. The lowest BCUT2D eigenvalue weighted by Gasteiger charge is -2.20. The minimum atomic E-state index is 0. The van der Waals surface area contributed by atoms with E-state index in [0.29, 0.717) is 13.1 Å². The highest BCUT2D eigenvalue weighted by Gasteiger charge is 2.20. The van der Waals surface area contributed by atoms with Gasteiger partial charge in [0.1, 0.15) is 5.01 Å². The Hall–Kier alpha value is -1.55. The molecule has 0 saturated heterocycles. The van der Waals surface area contributed by atoms with E-state index >= 15 is 0 Å². The zero-order valence-corrected chi connectivity index (χ0v) is 20.5. The fourth-order valence-electron chi connectivity index (χ4n) is 3.32. The second-order valence-electron chi connectivity index (χ2n) is 6.83. The average Bonchev–Trinajstić information content (AvgIpc) is 3.40. The molecule has 2 N–H and O–H groups in total. The van der Waals surface area contributed by atoms with E-state index in [1.165, 1.54) is 17.7 Å². The number of guanidine groups is 1. The molecule has 0 unspecified atom stereocenters. The van der Waals surface area contributed by atoms with Crippen LogP contribution in [0.15, 0.2) is 29.4 Å². The summed E-state index contributed by atoms with van der Waals surface area (Å²) in [6, 6.07) is 6.02. The SMILES string of the molecule is CCc1cnc(CNC(=NC)NCc2cccc(OC)c2OC2CCCC2)s1.I. The van der Waals surface area contributed by atoms with Crippen LogP contribution in [-0.4, -0.2) is 31.2 Å². The maximum Gasteiger partial charge on any atom is 0.191 e. The third-order valence-electron chi connectivity index (χ3n) is 4.89. The number of aromatic nitrogens is 1. The number of thiazole rings is 1. The van der Waals surface area contributed by atoms with E-state index in [4.69, 9.17) is 9.47 Å². The predicted molar refractivity (Wildman–Crippen MR) is 130 cm³/mol. The Labute approximate surface area is 194 Å². The highest BCUT2D eigenvalue weighted by atomic mass is 127. The minimum absolute atomic E-state index is 0. The van der Waals surface area contributed by atoms with E-state index in [0.717, 1.165) is 47.3 Å². The van der Waals surface area contributed by atoms with Crippen LogP contribution in [0, 0.1) is 0 Å². The maximum absolute atomic E-state index is 6.31. The van der Waals surface area contributed by atoms with E-state index in [9.17, 15) is 0 Å². The van der Waals surface area contributed by atoms with Crippen LogP contribution in [0.2, 0.25) is 0 Å². The highest BCUT2D eigenvalue weighted by Crippen LogP contribution is 2.34. The molecule has 1 aliphatic carbocycles. The number of ether oxygens (including phenoxy) is 2. The van der Waals surface area contributed by atoms with Gasteiger partial charge >= 0.3 is 0 Å². The van der Waals surface area contributed by atoms with Gasteiger partial charge in [0.25, 0.3) is 0 Å². The van der Waals surface area contributed by atoms with Crippen molar-refractivity contribution in [2.24, 2.45) is 4.99 Å². The molecule has 2 aromatic rings. The van der Waals surface area contributed by atoms with E-state index in [1.807, 2.05) is 18.3 Å². The number of rotatable bonds is 8. The quantitative estimate of drug-likeness (QED) is 0.299. The molecule has 0 bridgehead atoms. The molecule has 1 fully saturated rings. The molecule has 1 aliphatic rings. The van der Waals surface area contributed by atoms with E-state index < -0.39 is 0 Å². The van der Waals surface area contributed by atoms with Crippen molar-refractivity contribution in [1.29, 1.82) is 0 Å². The molecule has 1 aromatic carbocycles. The molecule has 160 valence electrons. The summed E-state index contributed by atoms with van der Waals surface area (Å²) in [6.07, 6.45) is 7.94. The second-order valence-corrected chi connectivity index (χ2v) is 8.03. The van der Waals surface area contributed by atoms with Gasteiger partial charge in [0, 0.05) is 30.2 Å². The zero-order valence-electron chi connectivity index (χ0n) is 17.4. The Morgan fingerprint density at radius 3 is 2.66 bits per heavy atom. The number of hydrogen-bond donors (Lipinski definition) is 2. The van der Waals surface area contributed by atoms with E-state index in [1.54, 1.807) is 25.5 Å². The third kappa shape index (κ3) is 6.74. The molecule has 3 rings (SSSR count). The van der Waals surface area contributed by atoms with Gasteiger partial charge in [-0.05, 0) is 38.2 Å². The van der Waals surface area contributed by atoms with Crippen molar-refractivity contribution in [2.75, 3.05) is 14.2 Å². The summed E-state index contributed by atoms with van der Waals surface area (Å²) in [5.74, 6) is 2.36. The molecule has 0 atom stereocenters. The Bertz CT molecular complexity index is 791. The van der Waals surface area contributed by atoms with Crippen LogP contribution in [0.1, 0.15) is 48.1 Å². The maximum atomic E-state index is 6.31. The minimum Gasteiger partial charge on any atom is -0.493 e. The van der Waals surface area contributed by atoms with Crippen LogP contribution in [0.5, 0.6) is 11.5 Å². The standard InChI is InChI=1S/C21H30N4O2S.HI/c1-4-17-13-23-19(28-17)14-25-21(22-2)24-12-15-8-7-11-18(26-3)20(15)27-16-9-5-6-10-16;/h7-8,11,13,16H,4-6,9-10,12,14H2,1-3H3,(H2,22,24,25);1H. The third-order valence-corrected chi connectivity index (χ3v) is 6.04. The topological polar surface area (TPSA) is 67.8 Å². The van der Waals surface area contributed by atoms with Crippen molar-refractivity contribution < 1.29 is 9.47 Å². The largest absolute Gasteiger partial charge is 0.493 e. The normalized spacial score (nSPS) is 14.4. The molecule has 0 amide bonds. The molecule has 8 heteroatoms. The van der Waals surface area contributed by atoms with Gasteiger partial charge in [-0.15, -0.1) is 35.3 Å².